The second-order valence-electron chi connectivity index (χ2n) is 7.31. The number of amides is 1. The van der Waals surface area contributed by atoms with Crippen LogP contribution >= 0.6 is 0 Å². The van der Waals surface area contributed by atoms with E-state index in [0.717, 1.165) is 42.9 Å². The third-order valence-corrected chi connectivity index (χ3v) is 5.11. The van der Waals surface area contributed by atoms with Crippen molar-refractivity contribution in [2.45, 2.75) is 32.2 Å². The Morgan fingerprint density at radius 2 is 2.00 bits per heavy atom. The molecule has 1 amide bonds. The Morgan fingerprint density at radius 3 is 2.79 bits per heavy atom. The Labute approximate surface area is 172 Å². The normalized spacial score (nSPS) is 16.2. The zero-order chi connectivity index (χ0) is 20.6. The van der Waals surface area contributed by atoms with E-state index in [2.05, 4.69) is 16.3 Å². The van der Waals surface area contributed by atoms with Crippen LogP contribution in [0.4, 0.5) is 5.69 Å². The lowest BCUT2D eigenvalue weighted by Crippen LogP contribution is -2.48. The van der Waals surface area contributed by atoms with Crippen LogP contribution in [0.2, 0.25) is 0 Å². The van der Waals surface area contributed by atoms with Crippen molar-refractivity contribution >= 4 is 11.6 Å². The van der Waals surface area contributed by atoms with Crippen LogP contribution in [0, 0.1) is 6.92 Å². The smallest absolute Gasteiger partial charge is 0.223 e. The molecule has 0 bridgehead atoms. The summed E-state index contributed by atoms with van der Waals surface area (Å²) >= 11 is 0. The quantitative estimate of drug-likeness (QED) is 0.737. The molecular weight excluding hydrogens is 368 g/mol. The second-order valence-corrected chi connectivity index (χ2v) is 7.31. The van der Waals surface area contributed by atoms with Crippen LogP contribution < -0.4 is 24.4 Å². The van der Waals surface area contributed by atoms with Crippen LogP contribution in [0.15, 0.2) is 42.5 Å². The van der Waals surface area contributed by atoms with Crippen molar-refractivity contribution in [3.8, 4) is 17.2 Å². The summed E-state index contributed by atoms with van der Waals surface area (Å²) in [6.45, 7) is 4.09. The second kappa shape index (κ2) is 10.0. The van der Waals surface area contributed by atoms with Crippen LogP contribution in [0.3, 0.4) is 0 Å². The molecular formula is C23H30N2O4. The summed E-state index contributed by atoms with van der Waals surface area (Å²) in [5.74, 6) is 2.20. The highest BCUT2D eigenvalue weighted by Crippen LogP contribution is 2.28. The molecule has 6 heteroatoms. The number of hydrogen-bond donors (Lipinski definition) is 1. The first-order valence-electron chi connectivity index (χ1n) is 10.0. The zero-order valence-corrected chi connectivity index (χ0v) is 17.4. The molecule has 1 N–H and O–H groups in total. The molecule has 1 fully saturated rings. The van der Waals surface area contributed by atoms with Crippen molar-refractivity contribution in [1.82, 2.24) is 5.32 Å². The summed E-state index contributed by atoms with van der Waals surface area (Å²) in [6, 6.07) is 13.9. The Morgan fingerprint density at radius 1 is 1.14 bits per heavy atom. The molecule has 2 aromatic carbocycles. The van der Waals surface area contributed by atoms with Crippen LogP contribution in [0.1, 0.15) is 24.8 Å². The monoisotopic (exact) mass is 398 g/mol. The van der Waals surface area contributed by atoms with Gasteiger partial charge in [0, 0.05) is 30.9 Å². The SMILES string of the molecule is COc1cccc(N2CCCC(NC(=O)CCOc3ccc(C)cc3OC)C2)c1. The molecule has 2 aromatic rings. The van der Waals surface area contributed by atoms with Crippen molar-refractivity contribution in [2.24, 2.45) is 0 Å². The van der Waals surface area contributed by atoms with Gasteiger partial charge >= 0.3 is 0 Å². The van der Waals surface area contributed by atoms with Gasteiger partial charge < -0.3 is 24.4 Å². The van der Waals surface area contributed by atoms with Crippen molar-refractivity contribution in [3.63, 3.8) is 0 Å². The first-order valence-corrected chi connectivity index (χ1v) is 10.0. The van der Waals surface area contributed by atoms with Crippen molar-refractivity contribution in [2.75, 3.05) is 38.8 Å². The van der Waals surface area contributed by atoms with Gasteiger partial charge in [0.05, 0.1) is 27.2 Å². The highest BCUT2D eigenvalue weighted by Gasteiger charge is 2.22. The predicted molar refractivity (Wildman–Crippen MR) is 114 cm³/mol. The van der Waals surface area contributed by atoms with Crippen LogP contribution in [-0.4, -0.2) is 45.9 Å². The van der Waals surface area contributed by atoms with Gasteiger partial charge in [-0.1, -0.05) is 12.1 Å². The number of ether oxygens (including phenoxy) is 3. The van der Waals surface area contributed by atoms with Gasteiger partial charge in [0.25, 0.3) is 0 Å². The van der Waals surface area contributed by atoms with Crippen molar-refractivity contribution in [3.05, 3.63) is 48.0 Å². The van der Waals surface area contributed by atoms with Gasteiger partial charge in [-0.25, -0.2) is 0 Å². The number of hydrogen-bond acceptors (Lipinski definition) is 5. The molecule has 0 radical (unpaired) electrons. The zero-order valence-electron chi connectivity index (χ0n) is 17.4. The Kier molecular flexibility index (Phi) is 7.22. The lowest BCUT2D eigenvalue weighted by Gasteiger charge is -2.35. The molecule has 0 aromatic heterocycles. The molecule has 1 unspecified atom stereocenters. The Balaban J connectivity index is 1.47. The van der Waals surface area contributed by atoms with Gasteiger partial charge in [0.15, 0.2) is 11.5 Å². The van der Waals surface area contributed by atoms with E-state index in [0.29, 0.717) is 24.5 Å². The molecule has 1 heterocycles. The van der Waals surface area contributed by atoms with Crippen LogP contribution in [0.25, 0.3) is 0 Å². The van der Waals surface area contributed by atoms with Gasteiger partial charge in [-0.15, -0.1) is 0 Å². The lowest BCUT2D eigenvalue weighted by molar-refractivity contribution is -0.122. The van der Waals surface area contributed by atoms with Crippen molar-refractivity contribution in [1.29, 1.82) is 0 Å². The minimum absolute atomic E-state index is 0.00794. The van der Waals surface area contributed by atoms with E-state index in [1.165, 1.54) is 0 Å². The van der Waals surface area contributed by atoms with Gasteiger partial charge in [-0.2, -0.15) is 0 Å². The first-order chi connectivity index (χ1) is 14.1. The molecule has 1 atom stereocenters. The number of nitrogens with zero attached hydrogens (tertiary/aromatic N) is 1. The summed E-state index contributed by atoms with van der Waals surface area (Å²) in [7, 11) is 3.29. The number of nitrogens with one attached hydrogen (secondary N) is 1. The largest absolute Gasteiger partial charge is 0.497 e. The van der Waals surface area contributed by atoms with E-state index in [1.54, 1.807) is 14.2 Å². The third-order valence-electron chi connectivity index (χ3n) is 5.11. The predicted octanol–water partition coefficient (Wildman–Crippen LogP) is 3.57. The molecule has 1 aliphatic heterocycles. The number of carbonyl (C=O) groups excluding carboxylic acids is 1. The maximum atomic E-state index is 12.4. The van der Waals surface area contributed by atoms with Gasteiger partial charge in [-0.05, 0) is 49.6 Å². The molecule has 1 saturated heterocycles. The van der Waals surface area contributed by atoms with E-state index in [-0.39, 0.29) is 11.9 Å². The number of methoxy groups -OCH3 is 2. The summed E-state index contributed by atoms with van der Waals surface area (Å²) in [5.41, 5.74) is 2.22. The molecule has 0 saturated carbocycles. The summed E-state index contributed by atoms with van der Waals surface area (Å²) in [5, 5.41) is 3.15. The maximum absolute atomic E-state index is 12.4. The first kappa shape index (κ1) is 20.8. The fourth-order valence-corrected chi connectivity index (χ4v) is 3.58. The van der Waals surface area contributed by atoms with E-state index >= 15 is 0 Å². The minimum atomic E-state index is 0.00794. The molecule has 1 aliphatic rings. The molecule has 0 spiro atoms. The average Bonchev–Trinajstić information content (AvgIpc) is 2.75. The lowest BCUT2D eigenvalue weighted by atomic mass is 10.0. The average molecular weight is 399 g/mol. The number of carbonyl (C=O) groups is 1. The third kappa shape index (κ3) is 5.79. The number of anilines is 1. The number of aryl methyl sites for hydroxylation is 1. The molecule has 0 aliphatic carbocycles. The van der Waals surface area contributed by atoms with Gasteiger partial charge in [0.1, 0.15) is 5.75 Å². The van der Waals surface area contributed by atoms with Crippen LogP contribution in [-0.2, 0) is 4.79 Å². The van der Waals surface area contributed by atoms with Gasteiger partial charge in [-0.3, -0.25) is 4.79 Å². The molecule has 29 heavy (non-hydrogen) atoms. The fourth-order valence-electron chi connectivity index (χ4n) is 3.58. The Hall–Kier alpha value is -2.89. The van der Waals surface area contributed by atoms with E-state index in [4.69, 9.17) is 14.2 Å². The number of rotatable bonds is 8. The van der Waals surface area contributed by atoms with Crippen molar-refractivity contribution < 1.29 is 19.0 Å². The number of benzene rings is 2. The van der Waals surface area contributed by atoms with E-state index in [1.807, 2.05) is 43.3 Å². The number of piperidine rings is 1. The van der Waals surface area contributed by atoms with Gasteiger partial charge in [0.2, 0.25) is 5.91 Å². The minimum Gasteiger partial charge on any atom is -0.497 e. The van der Waals surface area contributed by atoms with Crippen LogP contribution in [0.5, 0.6) is 17.2 Å². The molecule has 156 valence electrons. The molecule has 6 nitrogen and oxygen atoms in total. The highest BCUT2D eigenvalue weighted by atomic mass is 16.5. The summed E-state index contributed by atoms with van der Waals surface area (Å²) < 4.78 is 16.4. The Bertz CT molecular complexity index is 824. The topological polar surface area (TPSA) is 60.0 Å². The maximum Gasteiger partial charge on any atom is 0.223 e. The fraction of sp³-hybridized carbons (Fsp3) is 0.435. The van der Waals surface area contributed by atoms with E-state index in [9.17, 15) is 4.79 Å². The van der Waals surface area contributed by atoms with E-state index < -0.39 is 0 Å². The standard InChI is InChI=1S/C23H30N2O4/c1-17-9-10-21(22(14-17)28-3)29-13-11-23(26)24-18-6-5-12-25(16-18)19-7-4-8-20(15-19)27-2/h4,7-10,14-15,18H,5-6,11-13,16H2,1-3H3,(H,24,26). The summed E-state index contributed by atoms with van der Waals surface area (Å²) in [4.78, 5) is 14.7. The highest BCUT2D eigenvalue weighted by molar-refractivity contribution is 5.76. The molecule has 3 rings (SSSR count). The summed E-state index contributed by atoms with van der Waals surface area (Å²) in [6.07, 6.45) is 2.34.